The van der Waals surface area contributed by atoms with E-state index in [0.29, 0.717) is 0 Å². The van der Waals surface area contributed by atoms with E-state index in [1.54, 1.807) is 0 Å². The number of fused-ring (bicyclic) bond motifs is 1. The average Bonchev–Trinajstić information content (AvgIpc) is 2.46. The molecule has 1 N–H and O–H groups in total. The molecule has 1 nitrogen and oxygen atoms in total. The molecule has 94 valence electrons. The minimum Gasteiger partial charge on any atom is -0.384 e. The Morgan fingerprint density at radius 2 is 1.67 bits per heavy atom. The van der Waals surface area contributed by atoms with Crippen LogP contribution in [-0.2, 0) is 0 Å². The Balaban J connectivity index is 1.74. The first kappa shape index (κ1) is 11.6. The summed E-state index contributed by atoms with van der Waals surface area (Å²) in [7, 11) is 0. The average molecular weight is 239 g/mol. The Kier molecular flexibility index (Phi) is 3.49. The lowest BCUT2D eigenvalue weighted by atomic mass is 9.89. The van der Waals surface area contributed by atoms with Gasteiger partial charge in [-0.15, -0.1) is 0 Å². The maximum absolute atomic E-state index is 3.66. The molecule has 0 aromatic heterocycles. The Bertz CT molecular complexity index is 507. The smallest absolute Gasteiger partial charge is 0.0419 e. The fraction of sp³-hybridized carbons (Fsp3) is 0.412. The van der Waals surface area contributed by atoms with E-state index in [4.69, 9.17) is 0 Å². The number of rotatable bonds is 3. The van der Waals surface area contributed by atoms with Crippen LogP contribution in [0.3, 0.4) is 0 Å². The lowest BCUT2D eigenvalue weighted by molar-refractivity contribution is 0.373. The Morgan fingerprint density at radius 3 is 2.56 bits per heavy atom. The van der Waals surface area contributed by atoms with Crippen molar-refractivity contribution in [1.82, 2.24) is 0 Å². The second-order valence-corrected chi connectivity index (χ2v) is 5.41. The summed E-state index contributed by atoms with van der Waals surface area (Å²) < 4.78 is 0. The van der Waals surface area contributed by atoms with Crippen molar-refractivity contribution in [1.29, 1.82) is 0 Å². The van der Waals surface area contributed by atoms with Crippen molar-refractivity contribution >= 4 is 16.5 Å². The van der Waals surface area contributed by atoms with Crippen LogP contribution in [0.25, 0.3) is 10.8 Å². The molecule has 0 spiro atoms. The van der Waals surface area contributed by atoms with Gasteiger partial charge in [0.05, 0.1) is 0 Å². The maximum atomic E-state index is 3.66. The summed E-state index contributed by atoms with van der Waals surface area (Å²) in [5.41, 5.74) is 1.29. The van der Waals surface area contributed by atoms with E-state index in [-0.39, 0.29) is 0 Å². The summed E-state index contributed by atoms with van der Waals surface area (Å²) in [6.07, 6.45) is 7.07. The van der Waals surface area contributed by atoms with E-state index in [2.05, 4.69) is 47.8 Å². The lowest BCUT2D eigenvalue weighted by Gasteiger charge is -2.22. The zero-order valence-corrected chi connectivity index (χ0v) is 10.9. The van der Waals surface area contributed by atoms with E-state index in [9.17, 15) is 0 Å². The number of hydrogen-bond acceptors (Lipinski definition) is 1. The van der Waals surface area contributed by atoms with Gasteiger partial charge in [0.2, 0.25) is 0 Å². The van der Waals surface area contributed by atoms with E-state index in [0.717, 1.165) is 12.5 Å². The molecule has 0 amide bonds. The highest BCUT2D eigenvalue weighted by Crippen LogP contribution is 2.26. The van der Waals surface area contributed by atoms with Crippen molar-refractivity contribution < 1.29 is 0 Å². The summed E-state index contributed by atoms with van der Waals surface area (Å²) in [5.74, 6) is 0.873. The van der Waals surface area contributed by atoms with E-state index in [1.165, 1.54) is 48.6 Å². The molecule has 1 aliphatic rings. The highest BCUT2D eigenvalue weighted by atomic mass is 14.9. The van der Waals surface area contributed by atoms with Crippen molar-refractivity contribution in [3.63, 3.8) is 0 Å². The van der Waals surface area contributed by atoms with Crippen molar-refractivity contribution in [2.24, 2.45) is 5.92 Å². The molecule has 0 heterocycles. The molecule has 18 heavy (non-hydrogen) atoms. The summed E-state index contributed by atoms with van der Waals surface area (Å²) in [6, 6.07) is 15.1. The van der Waals surface area contributed by atoms with E-state index in [1.807, 2.05) is 0 Å². The standard InChI is InChI=1S/C17H21N/c1-2-7-14(8-3-1)13-18-17-12-6-10-15-9-4-5-11-16(15)17/h4-6,9-12,14,18H,1-3,7-8,13H2. The molecule has 0 unspecified atom stereocenters. The predicted molar refractivity (Wildman–Crippen MR) is 79.0 cm³/mol. The van der Waals surface area contributed by atoms with Gasteiger partial charge in [-0.3, -0.25) is 0 Å². The number of benzene rings is 2. The quantitative estimate of drug-likeness (QED) is 0.808. The lowest BCUT2D eigenvalue weighted by Crippen LogP contribution is -2.17. The molecule has 1 aliphatic carbocycles. The summed E-state index contributed by atoms with van der Waals surface area (Å²) in [4.78, 5) is 0. The minimum absolute atomic E-state index is 0.873. The Labute approximate surface area is 109 Å². The third-order valence-corrected chi connectivity index (χ3v) is 4.10. The van der Waals surface area contributed by atoms with Gasteiger partial charge in [0, 0.05) is 17.6 Å². The van der Waals surface area contributed by atoms with Crippen LogP contribution in [0.15, 0.2) is 42.5 Å². The molecule has 3 rings (SSSR count). The second kappa shape index (κ2) is 5.43. The minimum atomic E-state index is 0.873. The monoisotopic (exact) mass is 239 g/mol. The first-order valence-electron chi connectivity index (χ1n) is 7.15. The van der Waals surface area contributed by atoms with Crippen LogP contribution in [0, 0.1) is 5.92 Å². The molecular formula is C17H21N. The number of anilines is 1. The molecule has 0 bridgehead atoms. The van der Waals surface area contributed by atoms with Gasteiger partial charge in [0.15, 0.2) is 0 Å². The molecular weight excluding hydrogens is 218 g/mol. The fourth-order valence-electron chi connectivity index (χ4n) is 3.03. The van der Waals surface area contributed by atoms with Gasteiger partial charge >= 0.3 is 0 Å². The summed E-state index contributed by atoms with van der Waals surface area (Å²) in [5, 5.41) is 6.33. The first-order chi connectivity index (χ1) is 8.93. The number of hydrogen-bond donors (Lipinski definition) is 1. The molecule has 1 fully saturated rings. The SMILES string of the molecule is c1ccc2c(NCC3CCCCC3)cccc2c1. The van der Waals surface area contributed by atoms with Crippen molar-refractivity contribution in [3.8, 4) is 0 Å². The van der Waals surface area contributed by atoms with Gasteiger partial charge in [-0.05, 0) is 30.2 Å². The molecule has 0 aliphatic heterocycles. The molecule has 2 aromatic carbocycles. The third-order valence-electron chi connectivity index (χ3n) is 4.10. The zero-order valence-electron chi connectivity index (χ0n) is 10.9. The van der Waals surface area contributed by atoms with Gasteiger partial charge in [-0.25, -0.2) is 0 Å². The van der Waals surface area contributed by atoms with Gasteiger partial charge in [-0.1, -0.05) is 55.7 Å². The first-order valence-corrected chi connectivity index (χ1v) is 7.15. The topological polar surface area (TPSA) is 12.0 Å². The normalized spacial score (nSPS) is 16.9. The van der Waals surface area contributed by atoms with Crippen LogP contribution < -0.4 is 5.32 Å². The largest absolute Gasteiger partial charge is 0.384 e. The summed E-state index contributed by atoms with van der Waals surface area (Å²) >= 11 is 0. The van der Waals surface area contributed by atoms with Crippen LogP contribution in [0.4, 0.5) is 5.69 Å². The Morgan fingerprint density at radius 1 is 0.889 bits per heavy atom. The zero-order chi connectivity index (χ0) is 12.2. The molecule has 0 radical (unpaired) electrons. The fourth-order valence-corrected chi connectivity index (χ4v) is 3.03. The predicted octanol–water partition coefficient (Wildman–Crippen LogP) is 4.83. The van der Waals surface area contributed by atoms with Crippen LogP contribution in [0.2, 0.25) is 0 Å². The third kappa shape index (κ3) is 2.50. The highest BCUT2D eigenvalue weighted by molar-refractivity contribution is 5.93. The maximum Gasteiger partial charge on any atom is 0.0419 e. The number of nitrogens with one attached hydrogen (secondary N) is 1. The van der Waals surface area contributed by atoms with Crippen molar-refractivity contribution in [3.05, 3.63) is 42.5 Å². The van der Waals surface area contributed by atoms with E-state index < -0.39 is 0 Å². The second-order valence-electron chi connectivity index (χ2n) is 5.41. The van der Waals surface area contributed by atoms with Crippen LogP contribution in [-0.4, -0.2) is 6.54 Å². The van der Waals surface area contributed by atoms with Crippen LogP contribution in [0.5, 0.6) is 0 Å². The van der Waals surface area contributed by atoms with Crippen LogP contribution >= 0.6 is 0 Å². The van der Waals surface area contributed by atoms with Crippen molar-refractivity contribution in [2.45, 2.75) is 32.1 Å². The van der Waals surface area contributed by atoms with E-state index >= 15 is 0 Å². The molecule has 1 heteroatoms. The highest BCUT2D eigenvalue weighted by Gasteiger charge is 2.13. The van der Waals surface area contributed by atoms with Crippen molar-refractivity contribution in [2.75, 3.05) is 11.9 Å². The van der Waals surface area contributed by atoms with Gasteiger partial charge < -0.3 is 5.32 Å². The molecule has 0 atom stereocenters. The molecule has 2 aromatic rings. The van der Waals surface area contributed by atoms with Crippen LogP contribution in [0.1, 0.15) is 32.1 Å². The van der Waals surface area contributed by atoms with Gasteiger partial charge in [0.1, 0.15) is 0 Å². The molecule has 0 saturated heterocycles. The summed E-state index contributed by atoms with van der Waals surface area (Å²) in [6.45, 7) is 1.13. The van der Waals surface area contributed by atoms with Gasteiger partial charge in [-0.2, -0.15) is 0 Å². The van der Waals surface area contributed by atoms with Gasteiger partial charge in [0.25, 0.3) is 0 Å². The molecule has 1 saturated carbocycles. The Hall–Kier alpha value is -1.50.